The molecule has 5 nitrogen and oxygen atoms in total. The first kappa shape index (κ1) is 11.3. The van der Waals surface area contributed by atoms with Crippen LogP contribution in [0.3, 0.4) is 0 Å². The summed E-state index contributed by atoms with van der Waals surface area (Å²) >= 11 is 1.61. The largest absolute Gasteiger partial charge is 0.321 e. The SMILES string of the molecule is Cc1nc(CCn2cnc(C#N)c2C#N)cs1. The van der Waals surface area contributed by atoms with E-state index >= 15 is 0 Å². The van der Waals surface area contributed by atoms with E-state index < -0.39 is 0 Å². The van der Waals surface area contributed by atoms with E-state index in [1.165, 1.54) is 6.33 Å². The predicted molar refractivity (Wildman–Crippen MR) is 62.2 cm³/mol. The van der Waals surface area contributed by atoms with Crippen molar-refractivity contribution in [1.82, 2.24) is 14.5 Å². The maximum Gasteiger partial charge on any atom is 0.176 e. The summed E-state index contributed by atoms with van der Waals surface area (Å²) in [7, 11) is 0. The molecule has 0 fully saturated rings. The Bertz CT molecular complexity index is 611. The fourth-order valence-electron chi connectivity index (χ4n) is 1.51. The third-order valence-electron chi connectivity index (χ3n) is 2.32. The second kappa shape index (κ2) is 4.77. The van der Waals surface area contributed by atoms with Gasteiger partial charge in [-0.25, -0.2) is 9.97 Å². The molecule has 6 heteroatoms. The molecule has 0 aliphatic heterocycles. The van der Waals surface area contributed by atoms with Gasteiger partial charge in [-0.1, -0.05) is 0 Å². The van der Waals surface area contributed by atoms with Crippen LogP contribution in [0.4, 0.5) is 0 Å². The molecule has 2 aromatic heterocycles. The van der Waals surface area contributed by atoms with Gasteiger partial charge in [-0.2, -0.15) is 10.5 Å². The van der Waals surface area contributed by atoms with Gasteiger partial charge < -0.3 is 4.57 Å². The van der Waals surface area contributed by atoms with Gasteiger partial charge in [-0.3, -0.25) is 0 Å². The smallest absolute Gasteiger partial charge is 0.176 e. The van der Waals surface area contributed by atoms with Crippen LogP contribution in [0.25, 0.3) is 0 Å². The summed E-state index contributed by atoms with van der Waals surface area (Å²) in [6.07, 6.45) is 2.26. The Morgan fingerprint density at radius 2 is 2.24 bits per heavy atom. The van der Waals surface area contributed by atoms with Crippen molar-refractivity contribution in [2.75, 3.05) is 0 Å². The van der Waals surface area contributed by atoms with Crippen LogP contribution in [0.1, 0.15) is 22.1 Å². The lowest BCUT2D eigenvalue weighted by Gasteiger charge is -2.00. The molecule has 2 aromatic rings. The lowest BCUT2D eigenvalue weighted by molar-refractivity contribution is 0.679. The van der Waals surface area contributed by atoms with Crippen molar-refractivity contribution in [3.63, 3.8) is 0 Å². The van der Waals surface area contributed by atoms with Gasteiger partial charge in [-0.15, -0.1) is 11.3 Å². The highest BCUT2D eigenvalue weighted by atomic mass is 32.1. The fraction of sp³-hybridized carbons (Fsp3) is 0.273. The molecule has 0 aliphatic carbocycles. The summed E-state index contributed by atoms with van der Waals surface area (Å²) in [5.41, 5.74) is 1.50. The molecular weight excluding hydrogens is 234 g/mol. The maximum atomic E-state index is 8.95. The molecular formula is C11H9N5S. The number of imidazole rings is 1. The van der Waals surface area contributed by atoms with Crippen molar-refractivity contribution in [1.29, 1.82) is 10.5 Å². The summed E-state index contributed by atoms with van der Waals surface area (Å²) in [4.78, 5) is 8.23. The van der Waals surface area contributed by atoms with Gasteiger partial charge in [0.05, 0.1) is 17.0 Å². The van der Waals surface area contributed by atoms with Crippen LogP contribution in [-0.2, 0) is 13.0 Å². The molecule has 17 heavy (non-hydrogen) atoms. The monoisotopic (exact) mass is 243 g/mol. The number of rotatable bonds is 3. The molecule has 2 heterocycles. The normalized spacial score (nSPS) is 9.82. The van der Waals surface area contributed by atoms with Crippen molar-refractivity contribution >= 4 is 11.3 Å². The van der Waals surface area contributed by atoms with E-state index in [-0.39, 0.29) is 5.69 Å². The quantitative estimate of drug-likeness (QED) is 0.820. The number of nitriles is 2. The zero-order chi connectivity index (χ0) is 12.3. The first-order valence-electron chi connectivity index (χ1n) is 5.01. The Kier molecular flexibility index (Phi) is 3.17. The van der Waals surface area contributed by atoms with Crippen LogP contribution in [0, 0.1) is 29.6 Å². The third-order valence-corrected chi connectivity index (χ3v) is 3.15. The van der Waals surface area contributed by atoms with Gasteiger partial charge >= 0.3 is 0 Å². The summed E-state index contributed by atoms with van der Waals surface area (Å²) in [6.45, 7) is 2.57. The van der Waals surface area contributed by atoms with Crippen molar-refractivity contribution in [3.8, 4) is 12.1 Å². The van der Waals surface area contributed by atoms with E-state index in [1.807, 2.05) is 24.4 Å². The Morgan fingerprint density at radius 1 is 1.41 bits per heavy atom. The Morgan fingerprint density at radius 3 is 2.82 bits per heavy atom. The van der Waals surface area contributed by atoms with Gasteiger partial charge in [0.2, 0.25) is 0 Å². The highest BCUT2D eigenvalue weighted by Gasteiger charge is 2.09. The molecule has 0 unspecified atom stereocenters. The first-order valence-corrected chi connectivity index (χ1v) is 5.89. The molecule has 0 saturated carbocycles. The minimum Gasteiger partial charge on any atom is -0.321 e. The molecule has 0 saturated heterocycles. The average Bonchev–Trinajstić information content (AvgIpc) is 2.91. The number of hydrogen-bond donors (Lipinski definition) is 0. The number of aromatic nitrogens is 3. The van der Waals surface area contributed by atoms with Crippen LogP contribution in [0.15, 0.2) is 11.7 Å². The van der Waals surface area contributed by atoms with E-state index in [4.69, 9.17) is 10.5 Å². The van der Waals surface area contributed by atoms with Crippen LogP contribution >= 0.6 is 11.3 Å². The van der Waals surface area contributed by atoms with E-state index in [0.29, 0.717) is 12.2 Å². The number of aryl methyl sites for hydroxylation is 3. The molecule has 0 aliphatic rings. The lowest BCUT2D eigenvalue weighted by Crippen LogP contribution is -2.03. The highest BCUT2D eigenvalue weighted by molar-refractivity contribution is 7.09. The minimum atomic E-state index is 0.182. The van der Waals surface area contributed by atoms with Crippen molar-refractivity contribution < 1.29 is 0 Å². The van der Waals surface area contributed by atoms with E-state index in [9.17, 15) is 0 Å². The van der Waals surface area contributed by atoms with Gasteiger partial charge in [0.1, 0.15) is 12.1 Å². The molecule has 0 N–H and O–H groups in total. The standard InChI is InChI=1S/C11H9N5S/c1-8-15-9(6-17-8)2-3-16-7-14-10(4-12)11(16)5-13/h6-7H,2-3H2,1H3. The van der Waals surface area contributed by atoms with E-state index in [1.54, 1.807) is 15.9 Å². The lowest BCUT2D eigenvalue weighted by atomic mass is 10.3. The van der Waals surface area contributed by atoms with Crippen LogP contribution in [-0.4, -0.2) is 14.5 Å². The maximum absolute atomic E-state index is 8.95. The Hall–Kier alpha value is -2.18. The second-order valence-electron chi connectivity index (χ2n) is 3.47. The molecule has 2 rings (SSSR count). The molecule has 0 radical (unpaired) electrons. The molecule has 0 bridgehead atoms. The van der Waals surface area contributed by atoms with E-state index in [0.717, 1.165) is 17.1 Å². The summed E-state index contributed by atoms with van der Waals surface area (Å²) < 4.78 is 1.69. The fourth-order valence-corrected chi connectivity index (χ4v) is 2.16. The summed E-state index contributed by atoms with van der Waals surface area (Å²) in [5.74, 6) is 0. The van der Waals surface area contributed by atoms with Gasteiger partial charge in [0, 0.05) is 18.3 Å². The van der Waals surface area contributed by atoms with Gasteiger partial charge in [0.25, 0.3) is 0 Å². The van der Waals surface area contributed by atoms with Crippen LogP contribution in [0.5, 0.6) is 0 Å². The molecule has 84 valence electrons. The zero-order valence-electron chi connectivity index (χ0n) is 9.21. The Labute approximate surface area is 103 Å². The summed E-state index contributed by atoms with van der Waals surface area (Å²) in [5, 5.41) is 20.7. The topological polar surface area (TPSA) is 78.3 Å². The predicted octanol–water partition coefficient (Wildman–Crippen LogP) is 1.63. The van der Waals surface area contributed by atoms with Crippen molar-refractivity contribution in [2.45, 2.75) is 19.9 Å². The number of thiazole rings is 1. The first-order chi connectivity index (χ1) is 8.24. The van der Waals surface area contributed by atoms with Crippen molar-refractivity contribution in [2.24, 2.45) is 0 Å². The zero-order valence-corrected chi connectivity index (χ0v) is 10.0. The van der Waals surface area contributed by atoms with Gasteiger partial charge in [0.15, 0.2) is 11.4 Å². The van der Waals surface area contributed by atoms with Crippen LogP contribution in [0.2, 0.25) is 0 Å². The van der Waals surface area contributed by atoms with E-state index in [2.05, 4.69) is 9.97 Å². The third kappa shape index (κ3) is 2.32. The minimum absolute atomic E-state index is 0.182. The highest BCUT2D eigenvalue weighted by Crippen LogP contribution is 2.11. The number of nitrogens with zero attached hydrogens (tertiary/aromatic N) is 5. The molecule has 0 spiro atoms. The molecule has 0 atom stereocenters. The van der Waals surface area contributed by atoms with Gasteiger partial charge in [-0.05, 0) is 6.92 Å². The second-order valence-corrected chi connectivity index (χ2v) is 4.53. The molecule has 0 amide bonds. The van der Waals surface area contributed by atoms with Crippen LogP contribution < -0.4 is 0 Å². The number of hydrogen-bond acceptors (Lipinski definition) is 5. The summed E-state index contributed by atoms with van der Waals surface area (Å²) in [6, 6.07) is 3.90. The Balaban J connectivity index is 2.13. The molecule has 0 aromatic carbocycles. The average molecular weight is 243 g/mol. The van der Waals surface area contributed by atoms with Crippen molar-refractivity contribution in [3.05, 3.63) is 33.8 Å².